The smallest absolute Gasteiger partial charge is 0.0667 e. The molecule has 0 radical (unpaired) electrons. The maximum atomic E-state index is 9.19. The maximum absolute atomic E-state index is 9.19. The highest BCUT2D eigenvalue weighted by Crippen LogP contribution is 2.43. The molecule has 1 fully saturated rings. The number of hydrogen-bond acceptors (Lipinski definition) is 2. The van der Waals surface area contributed by atoms with Gasteiger partial charge in [-0.2, -0.15) is 17.0 Å². The van der Waals surface area contributed by atoms with E-state index >= 15 is 0 Å². The first-order chi connectivity index (χ1) is 7.49. The van der Waals surface area contributed by atoms with Gasteiger partial charge in [0.25, 0.3) is 0 Å². The third-order valence-electron chi connectivity index (χ3n) is 3.72. The van der Waals surface area contributed by atoms with Crippen LogP contribution in [0.25, 0.3) is 0 Å². The molecule has 2 heteroatoms. The highest BCUT2D eigenvalue weighted by molar-refractivity contribution is 7.99. The van der Waals surface area contributed by atoms with Crippen molar-refractivity contribution < 1.29 is 0 Å². The molecule has 0 heterocycles. The molecule has 0 aliphatic heterocycles. The van der Waals surface area contributed by atoms with Crippen LogP contribution in [-0.2, 0) is 0 Å². The molecular formula is C14H25NS. The molecule has 1 nitrogen and oxygen atoms in total. The van der Waals surface area contributed by atoms with Crippen LogP contribution >= 0.6 is 11.8 Å². The molecule has 0 aromatic heterocycles. The highest BCUT2D eigenvalue weighted by atomic mass is 32.2. The van der Waals surface area contributed by atoms with Gasteiger partial charge in [0.05, 0.1) is 12.0 Å². The number of nitrogens with zero attached hydrogens (tertiary/aromatic N) is 1. The lowest BCUT2D eigenvalue weighted by Gasteiger charge is -2.39. The van der Waals surface area contributed by atoms with Crippen molar-refractivity contribution in [1.29, 1.82) is 5.26 Å². The zero-order valence-corrected chi connectivity index (χ0v) is 11.9. The normalized spacial score (nSPS) is 31.1. The molecule has 16 heavy (non-hydrogen) atoms. The zero-order chi connectivity index (χ0) is 12.2. The largest absolute Gasteiger partial charge is 0.198 e. The van der Waals surface area contributed by atoms with Crippen LogP contribution in [0.1, 0.15) is 53.4 Å². The first kappa shape index (κ1) is 13.9. The molecule has 0 aromatic carbocycles. The molecule has 0 spiro atoms. The Morgan fingerprint density at radius 3 is 2.50 bits per heavy atom. The SMILES string of the molecule is CCCSC1CC(C(C)(C)C)CCC1C#N. The fourth-order valence-electron chi connectivity index (χ4n) is 2.52. The minimum Gasteiger partial charge on any atom is -0.198 e. The third kappa shape index (κ3) is 3.70. The van der Waals surface area contributed by atoms with Crippen molar-refractivity contribution in [2.75, 3.05) is 5.75 Å². The summed E-state index contributed by atoms with van der Waals surface area (Å²) in [7, 11) is 0. The average molecular weight is 239 g/mol. The van der Waals surface area contributed by atoms with Crippen molar-refractivity contribution in [2.24, 2.45) is 17.3 Å². The second kappa shape index (κ2) is 5.96. The second-order valence-electron chi connectivity index (χ2n) is 6.02. The summed E-state index contributed by atoms with van der Waals surface area (Å²) in [6, 6.07) is 2.51. The number of rotatable bonds is 3. The van der Waals surface area contributed by atoms with Crippen molar-refractivity contribution in [3.8, 4) is 6.07 Å². The molecule has 0 bridgehead atoms. The molecule has 0 amide bonds. The van der Waals surface area contributed by atoms with Crippen molar-refractivity contribution >= 4 is 11.8 Å². The Kier molecular flexibility index (Phi) is 5.18. The van der Waals surface area contributed by atoms with E-state index in [1.807, 2.05) is 11.8 Å². The van der Waals surface area contributed by atoms with Crippen LogP contribution in [-0.4, -0.2) is 11.0 Å². The fraction of sp³-hybridized carbons (Fsp3) is 0.929. The predicted molar refractivity (Wildman–Crippen MR) is 72.4 cm³/mol. The van der Waals surface area contributed by atoms with Crippen LogP contribution in [0.5, 0.6) is 0 Å². The summed E-state index contributed by atoms with van der Waals surface area (Å²) in [5.41, 5.74) is 0.408. The van der Waals surface area contributed by atoms with E-state index < -0.39 is 0 Å². The van der Waals surface area contributed by atoms with Crippen molar-refractivity contribution in [3.05, 3.63) is 0 Å². The van der Waals surface area contributed by atoms with Gasteiger partial charge < -0.3 is 0 Å². The van der Waals surface area contributed by atoms with E-state index in [-0.39, 0.29) is 0 Å². The van der Waals surface area contributed by atoms with Gasteiger partial charge in [-0.25, -0.2) is 0 Å². The van der Waals surface area contributed by atoms with Gasteiger partial charge in [0, 0.05) is 5.25 Å². The summed E-state index contributed by atoms with van der Waals surface area (Å²) in [5, 5.41) is 9.77. The van der Waals surface area contributed by atoms with Gasteiger partial charge in [-0.3, -0.25) is 0 Å². The lowest BCUT2D eigenvalue weighted by molar-refractivity contribution is 0.169. The van der Waals surface area contributed by atoms with Gasteiger partial charge in [-0.1, -0.05) is 27.7 Å². The van der Waals surface area contributed by atoms with Gasteiger partial charge in [-0.15, -0.1) is 0 Å². The summed E-state index contributed by atoms with van der Waals surface area (Å²) in [6.45, 7) is 9.24. The molecule has 1 aliphatic carbocycles. The zero-order valence-electron chi connectivity index (χ0n) is 11.1. The highest BCUT2D eigenvalue weighted by Gasteiger charge is 2.35. The fourth-order valence-corrected chi connectivity index (χ4v) is 3.85. The Balaban J connectivity index is 2.59. The first-order valence-electron chi connectivity index (χ1n) is 6.50. The predicted octanol–water partition coefficient (Wildman–Crippen LogP) is 4.48. The quantitative estimate of drug-likeness (QED) is 0.725. The summed E-state index contributed by atoms with van der Waals surface area (Å²) >= 11 is 2.03. The Hall–Kier alpha value is -0.160. The molecule has 1 aliphatic rings. The molecule has 1 saturated carbocycles. The van der Waals surface area contributed by atoms with E-state index in [1.54, 1.807) is 0 Å². The van der Waals surface area contributed by atoms with Gasteiger partial charge in [0.2, 0.25) is 0 Å². The summed E-state index contributed by atoms with van der Waals surface area (Å²) in [4.78, 5) is 0. The number of hydrogen-bond donors (Lipinski definition) is 0. The number of nitriles is 1. The van der Waals surface area contributed by atoms with Gasteiger partial charge >= 0.3 is 0 Å². The van der Waals surface area contributed by atoms with Crippen LogP contribution in [0.2, 0.25) is 0 Å². The Bertz CT molecular complexity index is 248. The molecule has 0 aromatic rings. The van der Waals surface area contributed by atoms with Gasteiger partial charge in [-0.05, 0) is 42.8 Å². The van der Waals surface area contributed by atoms with Crippen molar-refractivity contribution in [2.45, 2.75) is 58.6 Å². The van der Waals surface area contributed by atoms with E-state index in [1.165, 1.54) is 25.0 Å². The molecule has 1 rings (SSSR count). The topological polar surface area (TPSA) is 23.8 Å². The Morgan fingerprint density at radius 1 is 1.31 bits per heavy atom. The van der Waals surface area contributed by atoms with Gasteiger partial charge in [0.15, 0.2) is 0 Å². The second-order valence-corrected chi connectivity index (χ2v) is 7.37. The van der Waals surface area contributed by atoms with Gasteiger partial charge in [0.1, 0.15) is 0 Å². The summed E-state index contributed by atoms with van der Waals surface area (Å²) < 4.78 is 0. The van der Waals surface area contributed by atoms with Crippen LogP contribution in [0.3, 0.4) is 0 Å². The molecule has 0 saturated heterocycles. The van der Waals surface area contributed by atoms with E-state index in [0.29, 0.717) is 16.6 Å². The Morgan fingerprint density at radius 2 is 2.00 bits per heavy atom. The molecule has 3 atom stereocenters. The average Bonchev–Trinajstić information content (AvgIpc) is 2.24. The van der Waals surface area contributed by atoms with Crippen molar-refractivity contribution in [3.63, 3.8) is 0 Å². The summed E-state index contributed by atoms with van der Waals surface area (Å²) in [6.07, 6.45) is 4.82. The maximum Gasteiger partial charge on any atom is 0.0667 e. The summed E-state index contributed by atoms with van der Waals surface area (Å²) in [5.74, 6) is 2.31. The minimum absolute atomic E-state index is 0.301. The van der Waals surface area contributed by atoms with Crippen LogP contribution in [0.4, 0.5) is 0 Å². The molecular weight excluding hydrogens is 214 g/mol. The minimum atomic E-state index is 0.301. The van der Waals surface area contributed by atoms with E-state index in [2.05, 4.69) is 33.8 Å². The lowest BCUT2D eigenvalue weighted by Crippen LogP contribution is -2.33. The van der Waals surface area contributed by atoms with E-state index in [0.717, 1.165) is 12.3 Å². The first-order valence-corrected chi connectivity index (χ1v) is 7.55. The van der Waals surface area contributed by atoms with E-state index in [4.69, 9.17) is 0 Å². The monoisotopic (exact) mass is 239 g/mol. The molecule has 3 unspecified atom stereocenters. The van der Waals surface area contributed by atoms with Crippen LogP contribution in [0.15, 0.2) is 0 Å². The lowest BCUT2D eigenvalue weighted by atomic mass is 9.70. The van der Waals surface area contributed by atoms with Crippen LogP contribution < -0.4 is 0 Å². The van der Waals surface area contributed by atoms with Crippen molar-refractivity contribution in [1.82, 2.24) is 0 Å². The standard InChI is InChI=1S/C14H25NS/c1-5-8-16-13-9-12(14(2,3)4)7-6-11(13)10-15/h11-13H,5-9H2,1-4H3. The third-order valence-corrected chi connectivity index (χ3v) is 5.31. The molecule has 92 valence electrons. The number of thioether (sulfide) groups is 1. The Labute approximate surface area is 105 Å². The van der Waals surface area contributed by atoms with Crippen LogP contribution in [0, 0.1) is 28.6 Å². The molecule has 0 N–H and O–H groups in total. The van der Waals surface area contributed by atoms with E-state index in [9.17, 15) is 5.26 Å².